The van der Waals surface area contributed by atoms with Crippen LogP contribution in [0.25, 0.3) is 0 Å². The summed E-state index contributed by atoms with van der Waals surface area (Å²) in [6.07, 6.45) is 2.85. The van der Waals surface area contributed by atoms with Crippen LogP contribution in [-0.2, 0) is 11.2 Å². The number of ether oxygens (including phenoxy) is 1. The minimum atomic E-state index is 0.226. The maximum atomic E-state index is 5.30. The smallest absolute Gasteiger partial charge is 0.105 e. The predicted molar refractivity (Wildman–Crippen MR) is 60.9 cm³/mol. The zero-order valence-corrected chi connectivity index (χ0v) is 9.99. The molecule has 0 aliphatic carbocycles. The van der Waals surface area contributed by atoms with Crippen LogP contribution >= 0.6 is 0 Å². The van der Waals surface area contributed by atoms with E-state index in [1.165, 1.54) is 0 Å². The van der Waals surface area contributed by atoms with Crippen molar-refractivity contribution >= 4 is 0 Å². The monoisotopic (exact) mass is 211 g/mol. The van der Waals surface area contributed by atoms with Gasteiger partial charge in [-0.2, -0.15) is 0 Å². The van der Waals surface area contributed by atoms with Crippen molar-refractivity contribution in [2.75, 3.05) is 7.11 Å². The molecule has 0 fully saturated rings. The lowest BCUT2D eigenvalue weighted by Crippen LogP contribution is -2.42. The Bertz CT molecular complexity index is 259. The van der Waals surface area contributed by atoms with Gasteiger partial charge in [-0.3, -0.25) is 0 Å². The van der Waals surface area contributed by atoms with Crippen molar-refractivity contribution < 1.29 is 9.15 Å². The van der Waals surface area contributed by atoms with E-state index in [1.807, 2.05) is 12.1 Å². The highest BCUT2D eigenvalue weighted by Gasteiger charge is 2.14. The first kappa shape index (κ1) is 12.3. The van der Waals surface area contributed by atoms with Crippen LogP contribution in [0, 0.1) is 0 Å². The Morgan fingerprint density at radius 3 is 2.67 bits per heavy atom. The zero-order chi connectivity index (χ0) is 11.3. The number of hydrogen-bond donors (Lipinski definition) is 1. The molecule has 3 unspecified atom stereocenters. The van der Waals surface area contributed by atoms with Gasteiger partial charge >= 0.3 is 0 Å². The topological polar surface area (TPSA) is 34.4 Å². The molecule has 1 aromatic rings. The average molecular weight is 211 g/mol. The molecule has 0 saturated carbocycles. The summed E-state index contributed by atoms with van der Waals surface area (Å²) < 4.78 is 10.6. The van der Waals surface area contributed by atoms with Gasteiger partial charge in [0.05, 0.1) is 12.4 Å². The Balaban J connectivity index is 2.32. The molecule has 3 nitrogen and oxygen atoms in total. The van der Waals surface area contributed by atoms with Gasteiger partial charge < -0.3 is 14.5 Å². The molecule has 86 valence electrons. The van der Waals surface area contributed by atoms with Crippen molar-refractivity contribution in [3.63, 3.8) is 0 Å². The Labute approximate surface area is 91.8 Å². The summed E-state index contributed by atoms with van der Waals surface area (Å²) in [4.78, 5) is 0. The number of rotatable bonds is 6. The van der Waals surface area contributed by atoms with Gasteiger partial charge in [0, 0.05) is 25.6 Å². The number of furan rings is 1. The highest BCUT2D eigenvalue weighted by Crippen LogP contribution is 2.05. The third-order valence-electron chi connectivity index (χ3n) is 2.71. The molecule has 3 atom stereocenters. The molecule has 0 aliphatic rings. The van der Waals surface area contributed by atoms with Crippen molar-refractivity contribution in [3.05, 3.63) is 24.2 Å². The van der Waals surface area contributed by atoms with Crippen molar-refractivity contribution in [2.45, 2.75) is 45.4 Å². The SMILES string of the molecule is COC(C)C(C)NC(C)Cc1ccco1. The van der Waals surface area contributed by atoms with Gasteiger partial charge in [0.2, 0.25) is 0 Å². The summed E-state index contributed by atoms with van der Waals surface area (Å²) in [5.41, 5.74) is 0. The largest absolute Gasteiger partial charge is 0.469 e. The van der Waals surface area contributed by atoms with Gasteiger partial charge in [-0.05, 0) is 32.9 Å². The molecule has 0 spiro atoms. The van der Waals surface area contributed by atoms with E-state index in [4.69, 9.17) is 9.15 Å². The normalized spacial score (nSPS) is 17.3. The molecular weight excluding hydrogens is 190 g/mol. The summed E-state index contributed by atoms with van der Waals surface area (Å²) in [7, 11) is 1.74. The lowest BCUT2D eigenvalue weighted by atomic mass is 10.1. The van der Waals surface area contributed by atoms with E-state index >= 15 is 0 Å². The fraction of sp³-hybridized carbons (Fsp3) is 0.667. The first-order valence-electron chi connectivity index (χ1n) is 5.44. The second kappa shape index (κ2) is 5.93. The Morgan fingerprint density at radius 2 is 2.13 bits per heavy atom. The standard InChI is InChI=1S/C12H21NO2/c1-9(8-12-6-5-7-15-12)13-10(2)11(3)14-4/h5-7,9-11,13H,8H2,1-4H3. The van der Waals surface area contributed by atoms with Crippen molar-refractivity contribution in [1.82, 2.24) is 5.32 Å². The fourth-order valence-electron chi connectivity index (χ4n) is 1.58. The highest BCUT2D eigenvalue weighted by molar-refractivity contribution is 5.00. The predicted octanol–water partition coefficient (Wildman–Crippen LogP) is 2.22. The van der Waals surface area contributed by atoms with Gasteiger partial charge in [-0.1, -0.05) is 0 Å². The van der Waals surface area contributed by atoms with Crippen LogP contribution in [0.2, 0.25) is 0 Å². The summed E-state index contributed by atoms with van der Waals surface area (Å²) in [5, 5.41) is 3.48. The molecular formula is C12H21NO2. The molecule has 1 rings (SSSR count). The van der Waals surface area contributed by atoms with Gasteiger partial charge in [-0.15, -0.1) is 0 Å². The number of methoxy groups -OCH3 is 1. The number of nitrogens with one attached hydrogen (secondary N) is 1. The molecule has 1 aromatic heterocycles. The van der Waals surface area contributed by atoms with Crippen LogP contribution in [0.1, 0.15) is 26.5 Å². The number of hydrogen-bond acceptors (Lipinski definition) is 3. The molecule has 0 bridgehead atoms. The van der Waals surface area contributed by atoms with Crippen LogP contribution in [0.15, 0.2) is 22.8 Å². The van der Waals surface area contributed by atoms with E-state index in [2.05, 4.69) is 26.1 Å². The average Bonchev–Trinajstić information content (AvgIpc) is 2.68. The second-order valence-electron chi connectivity index (χ2n) is 4.08. The van der Waals surface area contributed by atoms with Gasteiger partial charge in [0.15, 0.2) is 0 Å². The molecule has 0 radical (unpaired) electrons. The Morgan fingerprint density at radius 1 is 1.40 bits per heavy atom. The van der Waals surface area contributed by atoms with E-state index in [0.717, 1.165) is 12.2 Å². The summed E-state index contributed by atoms with van der Waals surface area (Å²) >= 11 is 0. The molecule has 0 aliphatic heterocycles. The minimum absolute atomic E-state index is 0.226. The maximum absolute atomic E-state index is 5.30. The van der Waals surface area contributed by atoms with E-state index < -0.39 is 0 Å². The van der Waals surface area contributed by atoms with Crippen molar-refractivity contribution in [2.24, 2.45) is 0 Å². The van der Waals surface area contributed by atoms with Crippen LogP contribution in [0.5, 0.6) is 0 Å². The lowest BCUT2D eigenvalue weighted by molar-refractivity contribution is 0.0849. The molecule has 1 N–H and O–H groups in total. The molecule has 15 heavy (non-hydrogen) atoms. The van der Waals surface area contributed by atoms with Crippen LogP contribution in [0.4, 0.5) is 0 Å². The molecule has 0 aromatic carbocycles. The van der Waals surface area contributed by atoms with Crippen LogP contribution < -0.4 is 5.32 Å². The third kappa shape index (κ3) is 4.06. The quantitative estimate of drug-likeness (QED) is 0.783. The van der Waals surface area contributed by atoms with E-state index in [9.17, 15) is 0 Å². The van der Waals surface area contributed by atoms with E-state index in [1.54, 1.807) is 13.4 Å². The minimum Gasteiger partial charge on any atom is -0.469 e. The van der Waals surface area contributed by atoms with E-state index in [0.29, 0.717) is 12.1 Å². The summed E-state index contributed by atoms with van der Waals surface area (Å²) in [6, 6.07) is 4.66. The summed E-state index contributed by atoms with van der Waals surface area (Å²) in [6.45, 7) is 6.35. The Hall–Kier alpha value is -0.800. The first-order valence-corrected chi connectivity index (χ1v) is 5.44. The fourth-order valence-corrected chi connectivity index (χ4v) is 1.58. The van der Waals surface area contributed by atoms with Gasteiger partial charge in [0.1, 0.15) is 5.76 Å². The molecule has 1 heterocycles. The highest BCUT2D eigenvalue weighted by atomic mass is 16.5. The molecule has 0 amide bonds. The van der Waals surface area contributed by atoms with Crippen molar-refractivity contribution in [1.29, 1.82) is 0 Å². The molecule has 0 saturated heterocycles. The zero-order valence-electron chi connectivity index (χ0n) is 9.99. The Kier molecular flexibility index (Phi) is 4.85. The van der Waals surface area contributed by atoms with Crippen LogP contribution in [-0.4, -0.2) is 25.3 Å². The first-order chi connectivity index (χ1) is 7.13. The van der Waals surface area contributed by atoms with E-state index in [-0.39, 0.29) is 6.10 Å². The van der Waals surface area contributed by atoms with Gasteiger partial charge in [-0.25, -0.2) is 0 Å². The van der Waals surface area contributed by atoms with Gasteiger partial charge in [0.25, 0.3) is 0 Å². The maximum Gasteiger partial charge on any atom is 0.105 e. The second-order valence-corrected chi connectivity index (χ2v) is 4.08. The van der Waals surface area contributed by atoms with Crippen molar-refractivity contribution in [3.8, 4) is 0 Å². The third-order valence-corrected chi connectivity index (χ3v) is 2.71. The van der Waals surface area contributed by atoms with Crippen LogP contribution in [0.3, 0.4) is 0 Å². The molecule has 3 heteroatoms. The summed E-state index contributed by atoms with van der Waals surface area (Å²) in [5.74, 6) is 1.02. The lowest BCUT2D eigenvalue weighted by Gasteiger charge is -2.23.